The Balaban J connectivity index is 0.000000218. The van der Waals surface area contributed by atoms with Crippen molar-refractivity contribution in [2.75, 3.05) is 20.1 Å². The molecule has 2 nitrogen and oxygen atoms in total. The Kier molecular flexibility index (Phi) is 6.13. The first-order valence-corrected chi connectivity index (χ1v) is 4.28. The van der Waals surface area contributed by atoms with Crippen molar-refractivity contribution >= 4 is 5.78 Å². The smallest absolute Gasteiger partial charge is 0.126 e. The Morgan fingerprint density at radius 3 is 1.64 bits per heavy atom. The van der Waals surface area contributed by atoms with Crippen LogP contribution in [0.3, 0.4) is 0 Å². The lowest BCUT2D eigenvalue weighted by atomic mass is 10.1. The van der Waals surface area contributed by atoms with Gasteiger partial charge >= 0.3 is 0 Å². The molecule has 0 aliphatic carbocycles. The molecular formula is C9H19NO. The predicted octanol–water partition coefficient (Wildman–Crippen LogP) is 1.70. The summed E-state index contributed by atoms with van der Waals surface area (Å²) in [4.78, 5) is 11.8. The molecule has 1 saturated heterocycles. The number of Topliss-reactive ketones (excluding diaryl/α,β-unsaturated/α-hetero) is 1. The molecule has 1 fully saturated rings. The van der Waals surface area contributed by atoms with Crippen molar-refractivity contribution in [3.63, 3.8) is 0 Å². The van der Waals surface area contributed by atoms with Crippen molar-refractivity contribution < 1.29 is 4.79 Å². The highest BCUT2D eigenvalue weighted by Crippen LogP contribution is 2.04. The van der Waals surface area contributed by atoms with E-state index in [2.05, 4.69) is 11.9 Å². The SMILES string of the molecule is CC(C)=O.CN1CCCCC1. The number of ketones is 1. The molecule has 0 amide bonds. The molecule has 2 heteroatoms. The number of carbonyl (C=O) groups is 1. The van der Waals surface area contributed by atoms with E-state index in [9.17, 15) is 4.79 Å². The lowest BCUT2D eigenvalue weighted by molar-refractivity contribution is -0.114. The zero-order chi connectivity index (χ0) is 8.69. The Hall–Kier alpha value is -0.370. The van der Waals surface area contributed by atoms with E-state index in [1.54, 1.807) is 0 Å². The van der Waals surface area contributed by atoms with E-state index in [0.29, 0.717) is 0 Å². The summed E-state index contributed by atoms with van der Waals surface area (Å²) < 4.78 is 0. The third kappa shape index (κ3) is 9.63. The monoisotopic (exact) mass is 157 g/mol. The van der Waals surface area contributed by atoms with E-state index >= 15 is 0 Å². The fourth-order valence-corrected chi connectivity index (χ4v) is 1.05. The van der Waals surface area contributed by atoms with Crippen molar-refractivity contribution in [3.05, 3.63) is 0 Å². The number of carbonyl (C=O) groups excluding carboxylic acids is 1. The van der Waals surface area contributed by atoms with Crippen LogP contribution in [0.5, 0.6) is 0 Å². The molecule has 1 aliphatic heterocycles. The summed E-state index contributed by atoms with van der Waals surface area (Å²) in [5.41, 5.74) is 0. The summed E-state index contributed by atoms with van der Waals surface area (Å²) in [6.45, 7) is 5.69. The fourth-order valence-electron chi connectivity index (χ4n) is 1.05. The second-order valence-electron chi connectivity index (χ2n) is 3.27. The molecule has 0 radical (unpaired) electrons. The number of hydrogen-bond acceptors (Lipinski definition) is 2. The van der Waals surface area contributed by atoms with E-state index in [-0.39, 0.29) is 5.78 Å². The van der Waals surface area contributed by atoms with Gasteiger partial charge in [0.2, 0.25) is 0 Å². The predicted molar refractivity (Wildman–Crippen MR) is 47.7 cm³/mol. The topological polar surface area (TPSA) is 20.3 Å². The molecule has 0 atom stereocenters. The van der Waals surface area contributed by atoms with Crippen molar-refractivity contribution in [3.8, 4) is 0 Å². The summed E-state index contributed by atoms with van der Waals surface area (Å²) in [6.07, 6.45) is 4.28. The molecule has 1 aliphatic rings. The quantitative estimate of drug-likeness (QED) is 0.533. The van der Waals surface area contributed by atoms with Crippen LogP contribution in [0, 0.1) is 0 Å². The molecule has 1 heterocycles. The normalized spacial score (nSPS) is 18.5. The van der Waals surface area contributed by atoms with Gasteiger partial charge in [0.15, 0.2) is 0 Å². The zero-order valence-corrected chi connectivity index (χ0v) is 7.89. The van der Waals surface area contributed by atoms with Gasteiger partial charge in [0.25, 0.3) is 0 Å². The summed E-state index contributed by atoms with van der Waals surface area (Å²) in [6, 6.07) is 0. The van der Waals surface area contributed by atoms with E-state index in [1.807, 2.05) is 0 Å². The summed E-state index contributed by atoms with van der Waals surface area (Å²) in [7, 11) is 2.19. The Bertz CT molecular complexity index is 102. The number of rotatable bonds is 0. The van der Waals surface area contributed by atoms with E-state index in [1.165, 1.54) is 46.2 Å². The van der Waals surface area contributed by atoms with Crippen molar-refractivity contribution in [2.45, 2.75) is 33.1 Å². The Labute approximate surface area is 69.6 Å². The molecule has 0 aromatic carbocycles. The van der Waals surface area contributed by atoms with Gasteiger partial charge in [0.1, 0.15) is 5.78 Å². The van der Waals surface area contributed by atoms with E-state index < -0.39 is 0 Å². The Morgan fingerprint density at radius 1 is 1.09 bits per heavy atom. The first kappa shape index (κ1) is 10.6. The minimum atomic E-state index is 0.167. The summed E-state index contributed by atoms with van der Waals surface area (Å²) in [5, 5.41) is 0. The number of hydrogen-bond donors (Lipinski definition) is 0. The van der Waals surface area contributed by atoms with Crippen molar-refractivity contribution in [2.24, 2.45) is 0 Å². The second-order valence-corrected chi connectivity index (χ2v) is 3.27. The second kappa shape index (κ2) is 6.35. The van der Waals surface area contributed by atoms with Crippen LogP contribution in [0.1, 0.15) is 33.1 Å². The summed E-state index contributed by atoms with van der Waals surface area (Å²) in [5.74, 6) is 0.167. The standard InChI is InChI=1S/C6H13N.C3H6O/c1-7-5-3-2-4-6-7;1-3(2)4/h2-6H2,1H3;1-2H3. The molecule has 0 unspecified atom stereocenters. The van der Waals surface area contributed by atoms with Gasteiger partial charge < -0.3 is 9.69 Å². The van der Waals surface area contributed by atoms with Crippen LogP contribution in [0.25, 0.3) is 0 Å². The highest BCUT2D eigenvalue weighted by atomic mass is 16.1. The maximum absolute atomic E-state index is 9.44. The largest absolute Gasteiger partial charge is 0.306 e. The van der Waals surface area contributed by atoms with Gasteiger partial charge in [0, 0.05) is 0 Å². The van der Waals surface area contributed by atoms with Gasteiger partial charge in [-0.05, 0) is 46.8 Å². The van der Waals surface area contributed by atoms with Gasteiger partial charge in [-0.15, -0.1) is 0 Å². The molecule has 0 aromatic rings. The Morgan fingerprint density at radius 2 is 1.45 bits per heavy atom. The molecular weight excluding hydrogens is 138 g/mol. The first-order chi connectivity index (χ1) is 5.13. The molecule has 1 rings (SSSR count). The van der Waals surface area contributed by atoms with E-state index in [4.69, 9.17) is 0 Å². The van der Waals surface area contributed by atoms with E-state index in [0.717, 1.165) is 0 Å². The molecule has 11 heavy (non-hydrogen) atoms. The molecule has 0 bridgehead atoms. The first-order valence-electron chi connectivity index (χ1n) is 4.28. The van der Waals surface area contributed by atoms with Crippen molar-refractivity contribution in [1.29, 1.82) is 0 Å². The van der Waals surface area contributed by atoms with Gasteiger partial charge in [-0.25, -0.2) is 0 Å². The lowest BCUT2D eigenvalue weighted by Gasteiger charge is -2.20. The minimum Gasteiger partial charge on any atom is -0.306 e. The maximum atomic E-state index is 9.44. The number of nitrogens with zero attached hydrogens (tertiary/aromatic N) is 1. The third-order valence-corrected chi connectivity index (χ3v) is 1.58. The molecule has 66 valence electrons. The van der Waals surface area contributed by atoms with Crippen LogP contribution < -0.4 is 0 Å². The molecule has 0 N–H and O–H groups in total. The van der Waals surface area contributed by atoms with Crippen LogP contribution >= 0.6 is 0 Å². The van der Waals surface area contributed by atoms with Crippen LogP contribution in [0.15, 0.2) is 0 Å². The van der Waals surface area contributed by atoms with Crippen LogP contribution in [0.4, 0.5) is 0 Å². The van der Waals surface area contributed by atoms with Gasteiger partial charge in [-0.2, -0.15) is 0 Å². The average molecular weight is 157 g/mol. The zero-order valence-electron chi connectivity index (χ0n) is 7.89. The summed E-state index contributed by atoms with van der Waals surface area (Å²) >= 11 is 0. The number of likely N-dealkylation sites (tertiary alicyclic amines) is 1. The van der Waals surface area contributed by atoms with Crippen LogP contribution in [-0.2, 0) is 4.79 Å². The van der Waals surface area contributed by atoms with Crippen LogP contribution in [0.2, 0.25) is 0 Å². The molecule has 0 aromatic heterocycles. The minimum absolute atomic E-state index is 0.167. The molecule has 0 spiro atoms. The highest BCUT2D eigenvalue weighted by molar-refractivity contribution is 5.72. The average Bonchev–Trinajstić information content (AvgIpc) is 1.87. The van der Waals surface area contributed by atoms with Gasteiger partial charge in [-0.3, -0.25) is 0 Å². The van der Waals surface area contributed by atoms with Crippen LogP contribution in [-0.4, -0.2) is 30.8 Å². The maximum Gasteiger partial charge on any atom is 0.126 e. The number of piperidine rings is 1. The lowest BCUT2D eigenvalue weighted by Crippen LogP contribution is -2.24. The van der Waals surface area contributed by atoms with Gasteiger partial charge in [0.05, 0.1) is 0 Å². The van der Waals surface area contributed by atoms with Gasteiger partial charge in [-0.1, -0.05) is 6.42 Å². The highest BCUT2D eigenvalue weighted by Gasteiger charge is 2.02. The fraction of sp³-hybridized carbons (Fsp3) is 0.889. The van der Waals surface area contributed by atoms with Crippen molar-refractivity contribution in [1.82, 2.24) is 4.90 Å². The third-order valence-electron chi connectivity index (χ3n) is 1.58. The molecule has 0 saturated carbocycles.